The van der Waals surface area contributed by atoms with Crippen molar-refractivity contribution < 1.29 is 0 Å². The Morgan fingerprint density at radius 2 is 2.00 bits per heavy atom. The van der Waals surface area contributed by atoms with Crippen LogP contribution in [0.15, 0.2) is 37.2 Å². The van der Waals surface area contributed by atoms with Gasteiger partial charge in [-0.2, -0.15) is 5.10 Å². The van der Waals surface area contributed by atoms with Crippen LogP contribution in [0.4, 0.5) is 11.5 Å². The second-order valence-electron chi connectivity index (χ2n) is 4.56. The summed E-state index contributed by atoms with van der Waals surface area (Å²) in [5.41, 5.74) is 3.55. The molecule has 0 aliphatic rings. The number of aromatic nitrogens is 5. The van der Waals surface area contributed by atoms with Gasteiger partial charge in [0, 0.05) is 11.3 Å². The highest BCUT2D eigenvalue weighted by molar-refractivity contribution is 6.33. The van der Waals surface area contributed by atoms with E-state index in [2.05, 4.69) is 25.4 Å². The van der Waals surface area contributed by atoms with Crippen LogP contribution in [0.3, 0.4) is 0 Å². The van der Waals surface area contributed by atoms with Crippen molar-refractivity contribution in [1.29, 1.82) is 0 Å². The quantitative estimate of drug-likeness (QED) is 0.805. The van der Waals surface area contributed by atoms with E-state index in [1.54, 1.807) is 11.0 Å². The topological polar surface area (TPSA) is 68.5 Å². The lowest BCUT2D eigenvalue weighted by Gasteiger charge is -2.12. The fraction of sp³-hybridized carbons (Fsp3) is 0.143. The maximum atomic E-state index is 6.32. The van der Waals surface area contributed by atoms with Gasteiger partial charge in [-0.3, -0.25) is 0 Å². The van der Waals surface area contributed by atoms with Gasteiger partial charge in [0.1, 0.15) is 24.8 Å². The van der Waals surface area contributed by atoms with Crippen molar-refractivity contribution in [3.8, 4) is 5.69 Å². The molecule has 0 fully saturated rings. The minimum atomic E-state index is 0.582. The highest BCUT2D eigenvalue weighted by atomic mass is 35.5. The van der Waals surface area contributed by atoms with E-state index in [9.17, 15) is 0 Å². The molecule has 1 N–H and O–H groups in total. The van der Waals surface area contributed by atoms with Crippen LogP contribution in [-0.2, 0) is 0 Å². The Kier molecular flexibility index (Phi) is 3.53. The van der Waals surface area contributed by atoms with E-state index in [1.807, 2.05) is 32.0 Å². The Balaban J connectivity index is 1.92. The van der Waals surface area contributed by atoms with E-state index in [-0.39, 0.29) is 0 Å². The van der Waals surface area contributed by atoms with Crippen molar-refractivity contribution in [2.75, 3.05) is 5.32 Å². The molecular weight excluding hydrogens is 288 g/mol. The standard InChI is InChI=1S/C14H13ClN6/c1-9-10(2)17-7-18-14(9)20-13-4-3-11(5-12(13)15)21-8-16-6-19-21/h3-8H,1-2H3,(H,17,18,20). The molecule has 21 heavy (non-hydrogen) atoms. The Morgan fingerprint density at radius 1 is 1.14 bits per heavy atom. The van der Waals surface area contributed by atoms with E-state index in [4.69, 9.17) is 11.6 Å². The molecule has 0 unspecified atom stereocenters. The molecule has 0 amide bonds. The van der Waals surface area contributed by atoms with Crippen LogP contribution >= 0.6 is 11.6 Å². The third kappa shape index (κ3) is 2.71. The SMILES string of the molecule is Cc1ncnc(Nc2ccc(-n3cncn3)cc2Cl)c1C. The maximum Gasteiger partial charge on any atom is 0.138 e. The number of nitrogens with zero attached hydrogens (tertiary/aromatic N) is 5. The van der Waals surface area contributed by atoms with Gasteiger partial charge < -0.3 is 5.32 Å². The molecule has 106 valence electrons. The number of nitrogens with one attached hydrogen (secondary N) is 1. The summed E-state index contributed by atoms with van der Waals surface area (Å²) >= 11 is 6.32. The molecule has 7 heteroatoms. The smallest absolute Gasteiger partial charge is 0.138 e. The maximum absolute atomic E-state index is 6.32. The summed E-state index contributed by atoms with van der Waals surface area (Å²) in [5, 5.41) is 7.88. The number of aryl methyl sites for hydroxylation is 1. The molecule has 0 saturated carbocycles. The first-order chi connectivity index (χ1) is 10.1. The highest BCUT2D eigenvalue weighted by Crippen LogP contribution is 2.28. The average Bonchev–Trinajstić information content (AvgIpc) is 3.00. The molecule has 2 heterocycles. The molecule has 0 saturated heterocycles. The molecule has 2 aromatic heterocycles. The summed E-state index contributed by atoms with van der Waals surface area (Å²) in [4.78, 5) is 12.3. The van der Waals surface area contributed by atoms with Gasteiger partial charge in [-0.25, -0.2) is 19.6 Å². The number of anilines is 2. The lowest BCUT2D eigenvalue weighted by atomic mass is 10.2. The van der Waals surface area contributed by atoms with Gasteiger partial charge in [-0.15, -0.1) is 0 Å². The minimum Gasteiger partial charge on any atom is -0.339 e. The fourth-order valence-corrected chi connectivity index (χ4v) is 2.10. The van der Waals surface area contributed by atoms with Crippen molar-refractivity contribution in [1.82, 2.24) is 24.7 Å². The van der Waals surface area contributed by atoms with E-state index in [1.165, 1.54) is 12.7 Å². The van der Waals surface area contributed by atoms with Crippen LogP contribution in [0.5, 0.6) is 0 Å². The van der Waals surface area contributed by atoms with Crippen LogP contribution in [0, 0.1) is 13.8 Å². The summed E-state index contributed by atoms with van der Waals surface area (Å²) in [5.74, 6) is 0.748. The molecule has 0 spiro atoms. The number of hydrogen-bond acceptors (Lipinski definition) is 5. The van der Waals surface area contributed by atoms with Crippen molar-refractivity contribution in [2.24, 2.45) is 0 Å². The Bertz CT molecular complexity index is 769. The van der Waals surface area contributed by atoms with Crippen LogP contribution in [-0.4, -0.2) is 24.7 Å². The number of halogens is 1. The summed E-state index contributed by atoms with van der Waals surface area (Å²) < 4.78 is 1.65. The predicted molar refractivity (Wildman–Crippen MR) is 81.2 cm³/mol. The van der Waals surface area contributed by atoms with Gasteiger partial charge in [0.2, 0.25) is 0 Å². The monoisotopic (exact) mass is 300 g/mol. The van der Waals surface area contributed by atoms with Gasteiger partial charge in [0.05, 0.1) is 16.4 Å². The fourth-order valence-electron chi connectivity index (χ4n) is 1.88. The average molecular weight is 301 g/mol. The first-order valence-corrected chi connectivity index (χ1v) is 6.72. The van der Waals surface area contributed by atoms with E-state index in [0.29, 0.717) is 5.02 Å². The lowest BCUT2D eigenvalue weighted by Crippen LogP contribution is -2.01. The molecule has 0 bridgehead atoms. The minimum absolute atomic E-state index is 0.582. The molecule has 6 nitrogen and oxygen atoms in total. The molecule has 0 atom stereocenters. The Morgan fingerprint density at radius 3 is 2.71 bits per heavy atom. The third-order valence-electron chi connectivity index (χ3n) is 3.23. The summed E-state index contributed by atoms with van der Waals surface area (Å²) in [6.45, 7) is 3.91. The molecule has 1 aromatic carbocycles. The Hall–Kier alpha value is -2.47. The molecular formula is C14H13ClN6. The summed E-state index contributed by atoms with van der Waals surface area (Å²) in [6, 6.07) is 5.62. The first-order valence-electron chi connectivity index (χ1n) is 6.35. The van der Waals surface area contributed by atoms with Crippen molar-refractivity contribution in [3.63, 3.8) is 0 Å². The van der Waals surface area contributed by atoms with Crippen molar-refractivity contribution in [2.45, 2.75) is 13.8 Å². The van der Waals surface area contributed by atoms with Crippen molar-refractivity contribution in [3.05, 3.63) is 53.5 Å². The second-order valence-corrected chi connectivity index (χ2v) is 4.97. The number of rotatable bonds is 3. The molecule has 3 aromatic rings. The highest BCUT2D eigenvalue weighted by Gasteiger charge is 2.08. The van der Waals surface area contributed by atoms with Crippen LogP contribution in [0.25, 0.3) is 5.69 Å². The van der Waals surface area contributed by atoms with Crippen molar-refractivity contribution >= 4 is 23.1 Å². The summed E-state index contributed by atoms with van der Waals surface area (Å²) in [6.07, 6.45) is 4.63. The van der Waals surface area contributed by atoms with Gasteiger partial charge in [-0.05, 0) is 32.0 Å². The second kappa shape index (κ2) is 5.49. The lowest BCUT2D eigenvalue weighted by molar-refractivity contribution is 0.879. The molecule has 0 aliphatic carbocycles. The largest absolute Gasteiger partial charge is 0.339 e. The van der Waals surface area contributed by atoms with E-state index >= 15 is 0 Å². The number of benzene rings is 1. The summed E-state index contributed by atoms with van der Waals surface area (Å²) in [7, 11) is 0. The third-order valence-corrected chi connectivity index (χ3v) is 3.54. The van der Waals surface area contributed by atoms with Crippen LogP contribution in [0.1, 0.15) is 11.3 Å². The normalized spacial score (nSPS) is 10.6. The molecule has 0 aliphatic heterocycles. The van der Waals surface area contributed by atoms with Gasteiger partial charge in [0.25, 0.3) is 0 Å². The van der Waals surface area contributed by atoms with Crippen LogP contribution in [0.2, 0.25) is 5.02 Å². The Labute approximate surface area is 126 Å². The zero-order valence-electron chi connectivity index (χ0n) is 11.6. The first kappa shape index (κ1) is 13.5. The zero-order chi connectivity index (χ0) is 14.8. The van der Waals surface area contributed by atoms with E-state index in [0.717, 1.165) is 28.5 Å². The van der Waals surface area contributed by atoms with E-state index < -0.39 is 0 Å². The van der Waals surface area contributed by atoms with Gasteiger partial charge in [0.15, 0.2) is 0 Å². The van der Waals surface area contributed by atoms with Gasteiger partial charge in [-0.1, -0.05) is 11.6 Å². The van der Waals surface area contributed by atoms with Crippen LogP contribution < -0.4 is 5.32 Å². The van der Waals surface area contributed by atoms with Gasteiger partial charge >= 0.3 is 0 Å². The number of hydrogen-bond donors (Lipinski definition) is 1. The molecule has 0 radical (unpaired) electrons. The predicted octanol–water partition coefficient (Wildman–Crippen LogP) is 3.07. The molecule has 3 rings (SSSR count). The zero-order valence-corrected chi connectivity index (χ0v) is 12.3.